The molecule has 4 aromatic rings. The van der Waals surface area contributed by atoms with Gasteiger partial charge in [-0.3, -0.25) is 9.80 Å². The van der Waals surface area contributed by atoms with Crippen molar-refractivity contribution in [1.29, 1.82) is 0 Å². The van der Waals surface area contributed by atoms with Crippen molar-refractivity contribution in [3.8, 4) is 34.5 Å². The minimum absolute atomic E-state index is 0.168. The number of likely N-dealkylation sites (N-methyl/N-ethyl adjacent to an activating group) is 2. The Labute approximate surface area is 656 Å². The Kier molecular flexibility index (Phi) is 22.6. The topological polar surface area (TPSA) is 177 Å². The van der Waals surface area contributed by atoms with Gasteiger partial charge in [-0.1, -0.05) is 154 Å². The van der Waals surface area contributed by atoms with Crippen LogP contribution in [0.5, 0.6) is 34.5 Å². The summed E-state index contributed by atoms with van der Waals surface area (Å²) in [5, 5.41) is 21.5. The highest BCUT2D eigenvalue weighted by molar-refractivity contribution is 5.87. The summed E-state index contributed by atoms with van der Waals surface area (Å²) < 4.78 is 35.1. The molecule has 4 unspecified atom stereocenters. The van der Waals surface area contributed by atoms with E-state index in [1.165, 1.54) is 129 Å². The first-order valence-corrected chi connectivity index (χ1v) is 41.0. The SMILES string of the molecule is C/C=C/C=C/C(=O)Oc1ccc2c(c1)C1(C)CCN(CC3CC3)C(C2)C1C.C/C=C/C=C/C(=O)Oc1ccc2c(c1)[C@]13CCCC[C@@H]1[C@H](C2)N(C)CC3.C/C=C/C=C/C(=O)Oc1ccc2c3c1O[C@H]1[C@@H](O)C=C[C@H]4[C@@H](C2)N(C)CC[C@@]341.C=CCN1CC[C@]23c4c5ccc(OC(=O)/C=C/C=C/C)c4O[C@H]2[C@@H](O)C=CC3[C@H]1C5. The minimum Gasteiger partial charge on any atom is -0.482 e. The third kappa shape index (κ3) is 14.4. The van der Waals surface area contributed by atoms with Gasteiger partial charge < -0.3 is 48.4 Å². The molecule has 0 radical (unpaired) electrons. The predicted octanol–water partition coefficient (Wildman–Crippen LogP) is 14.7. The lowest BCUT2D eigenvalue weighted by molar-refractivity contribution is -0.130. The van der Waals surface area contributed by atoms with E-state index in [9.17, 15) is 29.4 Å². The molecule has 16 heteroatoms. The van der Waals surface area contributed by atoms with E-state index in [0.29, 0.717) is 75.9 Å². The normalized spacial score (nSPS) is 32.7. The lowest BCUT2D eigenvalue weighted by atomic mass is 9.52. The van der Waals surface area contributed by atoms with E-state index >= 15 is 0 Å². The molecule has 6 fully saturated rings. The molecule has 16 nitrogen and oxygen atoms in total. The number of carbonyl (C=O) groups excluding carboxylic acids is 4. The van der Waals surface area contributed by atoms with Gasteiger partial charge in [-0.25, -0.2) is 19.2 Å². The number of rotatable bonds is 16. The van der Waals surface area contributed by atoms with E-state index < -0.39 is 24.1 Å². The number of aliphatic hydroxyl groups is 2. The molecule has 18 rings (SSSR count). The Morgan fingerprint density at radius 1 is 0.514 bits per heavy atom. The Balaban J connectivity index is 0.000000117. The molecule has 6 aliphatic heterocycles. The number of esters is 4. The molecule has 4 saturated heterocycles. The molecule has 4 aromatic carbocycles. The van der Waals surface area contributed by atoms with Gasteiger partial charge in [0.25, 0.3) is 0 Å². The fraction of sp³-hybridized carbons (Fsp3) is 0.474. The number of nitrogens with zero attached hydrogens (tertiary/aromatic N) is 4. The molecule has 2 saturated carbocycles. The molecule has 14 aliphatic rings. The maximum absolute atomic E-state index is 12.3. The molecule has 0 aromatic heterocycles. The number of aliphatic hydroxyl groups excluding tert-OH is 2. The zero-order valence-corrected chi connectivity index (χ0v) is 66.0. The summed E-state index contributed by atoms with van der Waals surface area (Å²) in [6, 6.07) is 22.5. The number of hydrogen-bond acceptors (Lipinski definition) is 16. The highest BCUT2D eigenvalue weighted by Crippen LogP contribution is 2.65. The molecular formula is C95H112N4O12. The first-order chi connectivity index (χ1) is 53.8. The Morgan fingerprint density at radius 2 is 0.982 bits per heavy atom. The second kappa shape index (κ2) is 32.4. The van der Waals surface area contributed by atoms with Crippen molar-refractivity contribution in [2.75, 3.05) is 53.4 Å². The summed E-state index contributed by atoms with van der Waals surface area (Å²) >= 11 is 0. The van der Waals surface area contributed by atoms with Crippen molar-refractivity contribution in [1.82, 2.24) is 19.6 Å². The minimum atomic E-state index is -0.677. The average molecular weight is 1500 g/mol. The first-order valence-electron chi connectivity index (χ1n) is 41.0. The van der Waals surface area contributed by atoms with Crippen molar-refractivity contribution < 1.29 is 57.8 Å². The predicted molar refractivity (Wildman–Crippen MR) is 434 cm³/mol. The lowest BCUT2D eigenvalue weighted by Gasteiger charge is -2.58. The van der Waals surface area contributed by atoms with E-state index in [1.807, 2.05) is 107 Å². The van der Waals surface area contributed by atoms with Crippen molar-refractivity contribution >= 4 is 23.9 Å². The molecular weight excluding hydrogens is 1390 g/mol. The number of likely N-dealkylation sites (tertiary alicyclic amines) is 4. The number of ether oxygens (including phenoxy) is 6. The van der Waals surface area contributed by atoms with Gasteiger partial charge in [0.2, 0.25) is 0 Å². The van der Waals surface area contributed by atoms with E-state index in [1.54, 1.807) is 36.5 Å². The second-order valence-electron chi connectivity index (χ2n) is 33.7. The van der Waals surface area contributed by atoms with Crippen LogP contribution in [-0.2, 0) is 66.5 Å². The van der Waals surface area contributed by atoms with Gasteiger partial charge in [0.15, 0.2) is 23.0 Å². The lowest BCUT2D eigenvalue weighted by Crippen LogP contribution is -2.65. The van der Waals surface area contributed by atoms with Gasteiger partial charge in [-0.15, -0.1) is 6.58 Å². The monoisotopic (exact) mass is 1500 g/mol. The maximum Gasteiger partial charge on any atom is 0.336 e. The number of fused-ring (bicyclic) bond motifs is 5. The van der Waals surface area contributed by atoms with Crippen LogP contribution >= 0.6 is 0 Å². The smallest absolute Gasteiger partial charge is 0.336 e. The quantitative estimate of drug-likeness (QED) is 0.0356. The zero-order chi connectivity index (χ0) is 77.5. The Bertz CT molecular complexity index is 4550. The summed E-state index contributed by atoms with van der Waals surface area (Å²) in [5.74, 6) is 4.89. The second-order valence-corrected chi connectivity index (χ2v) is 33.7. The zero-order valence-electron chi connectivity index (χ0n) is 66.0. The Morgan fingerprint density at radius 3 is 1.53 bits per heavy atom. The highest BCUT2D eigenvalue weighted by atomic mass is 16.6. The van der Waals surface area contributed by atoms with E-state index in [-0.39, 0.29) is 46.3 Å². The fourth-order valence-corrected chi connectivity index (χ4v) is 22.3. The third-order valence-corrected chi connectivity index (χ3v) is 27.8. The van der Waals surface area contributed by atoms with Crippen LogP contribution in [-0.4, -0.2) is 156 Å². The van der Waals surface area contributed by atoms with Crippen LogP contribution in [0.15, 0.2) is 195 Å². The van der Waals surface area contributed by atoms with E-state index in [4.69, 9.17) is 28.4 Å². The van der Waals surface area contributed by atoms with Crippen molar-refractivity contribution in [3.63, 3.8) is 0 Å². The highest BCUT2D eigenvalue weighted by Gasteiger charge is 2.66. The largest absolute Gasteiger partial charge is 0.482 e. The van der Waals surface area contributed by atoms with Gasteiger partial charge in [0, 0.05) is 101 Å². The summed E-state index contributed by atoms with van der Waals surface area (Å²) in [6.45, 7) is 22.8. The van der Waals surface area contributed by atoms with Gasteiger partial charge in [0.05, 0.1) is 0 Å². The van der Waals surface area contributed by atoms with E-state index in [2.05, 4.69) is 103 Å². The first kappa shape index (κ1) is 77.6. The van der Waals surface area contributed by atoms with E-state index in [0.717, 1.165) is 81.1 Å². The fourth-order valence-electron chi connectivity index (χ4n) is 22.3. The van der Waals surface area contributed by atoms with Gasteiger partial charge in [0.1, 0.15) is 35.9 Å². The number of benzene rings is 4. The standard InChI is InChI=1S/C25H27NO4.C24H31NO2.C23H25NO4.C23H29NO2/c1-3-5-6-7-21(28)29-20-11-8-16-15-18-17-9-10-19(27)24-25(17,22(16)23(20)30-24)12-14-26(18)13-4-2;1-4-5-6-7-23(26)27-20-11-10-19-14-22-17(2)24(3,21(19)15-20)12-13-25(22)16-18-8-9-18;1-3-4-5-6-19(26)27-18-10-7-14-13-16-15-8-9-17(25)22-23(15,11-12-24(16)2)20(14)21(18)28-22;1-3-4-5-9-22(25)26-18-11-10-17-15-21-19-8-6-7-12-23(19,20(17)16-18)13-14-24(21)2/h3-11,17-19,24,27H,2,12-15H2,1H3;4-7,10-11,15,17-18,22H,8-9,12-14,16H2,1-3H3;3-10,15-17,22,25H,11-13H2,1-2H3;3-5,9-11,16,19,21H,6-8,12-15H2,1-2H3/b5-3+,7-6+;5-4+,7-6+;4-3+,6-5+;4-3+,9-5+/t17?,18-,19+,24+,25+;;15-,16+,17-,22-,23-;19-,21+,23+/m1.01/s1. The van der Waals surface area contributed by atoms with Crippen molar-refractivity contribution in [3.05, 3.63) is 239 Å². The number of carbonyl (C=O) groups is 4. The number of hydrogen-bond donors (Lipinski definition) is 2. The molecule has 8 aliphatic carbocycles. The summed E-state index contributed by atoms with van der Waals surface area (Å²) in [6.07, 6.45) is 51.7. The molecule has 584 valence electrons. The summed E-state index contributed by atoms with van der Waals surface area (Å²) in [7, 11) is 4.47. The van der Waals surface area contributed by atoms with Crippen molar-refractivity contribution in [2.24, 2.45) is 29.6 Å². The Hall–Kier alpha value is -8.74. The molecule has 111 heavy (non-hydrogen) atoms. The van der Waals surface area contributed by atoms with Gasteiger partial charge in [-0.2, -0.15) is 0 Å². The summed E-state index contributed by atoms with van der Waals surface area (Å²) in [5.41, 5.74) is 10.5. The molecule has 8 bridgehead atoms. The van der Waals surface area contributed by atoms with Crippen LogP contribution in [0.4, 0.5) is 0 Å². The van der Waals surface area contributed by atoms with Gasteiger partial charge in [-0.05, 0) is 238 Å². The van der Waals surface area contributed by atoms with Crippen LogP contribution in [0, 0.1) is 29.6 Å². The van der Waals surface area contributed by atoms with Crippen LogP contribution in [0.3, 0.4) is 0 Å². The third-order valence-electron chi connectivity index (χ3n) is 27.8. The molecule has 0 amide bonds. The number of allylic oxidation sites excluding steroid dienone is 12. The van der Waals surface area contributed by atoms with Crippen LogP contribution in [0.1, 0.15) is 150 Å². The van der Waals surface area contributed by atoms with Crippen LogP contribution in [0.2, 0.25) is 0 Å². The summed E-state index contributed by atoms with van der Waals surface area (Å²) in [4.78, 5) is 58.8. The van der Waals surface area contributed by atoms with Gasteiger partial charge >= 0.3 is 23.9 Å². The molecule has 6 heterocycles. The van der Waals surface area contributed by atoms with Crippen molar-refractivity contribution in [2.45, 2.75) is 202 Å². The van der Waals surface area contributed by atoms with Crippen LogP contribution < -0.4 is 28.4 Å². The molecule has 16 atom stereocenters. The number of piperidine rings is 4. The maximum atomic E-state index is 12.3. The average Bonchev–Trinajstić information content (AvgIpc) is 1.56. The molecule has 2 N–H and O–H groups in total. The molecule has 2 spiro atoms. The van der Waals surface area contributed by atoms with Crippen LogP contribution in [0.25, 0.3) is 0 Å².